The quantitative estimate of drug-likeness (QED) is 0.463. The number of benzene rings is 2. The van der Waals surface area contributed by atoms with E-state index < -0.39 is 6.10 Å². The van der Waals surface area contributed by atoms with Gasteiger partial charge in [0.2, 0.25) is 0 Å². The molecule has 1 unspecified atom stereocenters. The molecule has 31 heavy (non-hydrogen) atoms. The summed E-state index contributed by atoms with van der Waals surface area (Å²) in [5.41, 5.74) is 3.04. The fourth-order valence-corrected chi connectivity index (χ4v) is 3.35. The maximum atomic E-state index is 13.0. The minimum atomic E-state index is -0.610. The third-order valence-electron chi connectivity index (χ3n) is 6.47. The Balaban J connectivity index is 2.36. The van der Waals surface area contributed by atoms with E-state index >= 15 is 0 Å². The molecule has 0 fully saturated rings. The molecular weight excluding hydrogens is 386 g/mol. The van der Waals surface area contributed by atoms with Crippen LogP contribution < -0.4 is 14.8 Å². The first-order chi connectivity index (χ1) is 14.6. The van der Waals surface area contributed by atoms with Crippen LogP contribution in [0.3, 0.4) is 0 Å². The first-order valence-electron chi connectivity index (χ1n) is 11.3. The third kappa shape index (κ3) is 5.81. The van der Waals surface area contributed by atoms with E-state index in [-0.39, 0.29) is 16.7 Å². The van der Waals surface area contributed by atoms with Gasteiger partial charge in [-0.3, -0.25) is 4.79 Å². The molecule has 4 heteroatoms. The maximum Gasteiger partial charge on any atom is 0.265 e. The normalized spacial score (nSPS) is 12.9. The van der Waals surface area contributed by atoms with Crippen LogP contribution in [0.1, 0.15) is 78.9 Å². The van der Waals surface area contributed by atoms with Crippen molar-refractivity contribution in [3.05, 3.63) is 53.6 Å². The SMILES string of the molecule is CCC(Oc1ccc(C(C)(C)CC)cc1C(C)(C)CC)C(=O)Nc1ccc[c]c1OC. The highest BCUT2D eigenvalue weighted by molar-refractivity contribution is 5.95. The zero-order chi connectivity index (χ0) is 23.2. The van der Waals surface area contributed by atoms with Crippen LogP contribution in [0.2, 0.25) is 0 Å². The lowest BCUT2D eigenvalue weighted by Gasteiger charge is -2.31. The second kappa shape index (κ2) is 10.2. The zero-order valence-electron chi connectivity index (χ0n) is 20.4. The van der Waals surface area contributed by atoms with E-state index in [1.54, 1.807) is 19.2 Å². The first-order valence-corrected chi connectivity index (χ1v) is 11.3. The first kappa shape index (κ1) is 24.8. The summed E-state index contributed by atoms with van der Waals surface area (Å²) in [7, 11) is 1.56. The molecule has 0 aliphatic carbocycles. The largest absolute Gasteiger partial charge is 0.494 e. The van der Waals surface area contributed by atoms with Gasteiger partial charge in [0.15, 0.2) is 6.10 Å². The van der Waals surface area contributed by atoms with Crippen LogP contribution in [0.25, 0.3) is 0 Å². The molecule has 2 rings (SSSR count). The van der Waals surface area contributed by atoms with Gasteiger partial charge < -0.3 is 14.8 Å². The summed E-state index contributed by atoms with van der Waals surface area (Å²) in [6.45, 7) is 15.3. The van der Waals surface area contributed by atoms with Crippen LogP contribution in [-0.2, 0) is 15.6 Å². The summed E-state index contributed by atoms with van der Waals surface area (Å²) in [6, 6.07) is 14.8. The van der Waals surface area contributed by atoms with E-state index in [9.17, 15) is 4.79 Å². The van der Waals surface area contributed by atoms with Gasteiger partial charge in [-0.2, -0.15) is 0 Å². The molecule has 1 N–H and O–H groups in total. The Morgan fingerprint density at radius 3 is 2.32 bits per heavy atom. The van der Waals surface area contributed by atoms with E-state index in [1.165, 1.54) is 5.56 Å². The summed E-state index contributed by atoms with van der Waals surface area (Å²) in [5.74, 6) is 1.08. The molecule has 0 aliphatic rings. The molecule has 0 saturated carbocycles. The Morgan fingerprint density at radius 1 is 1.06 bits per heavy atom. The van der Waals surface area contributed by atoms with Crippen molar-refractivity contribution in [3.63, 3.8) is 0 Å². The number of amides is 1. The predicted octanol–water partition coefficient (Wildman–Crippen LogP) is 6.67. The standard InChI is InChI=1S/C27H38NO3/c1-9-22(25(29)28-21-14-12-13-15-24(21)30-8)31-23-17-16-19(26(4,5)10-2)18-20(23)27(6,7)11-3/h12-14,16-18,22H,9-11H2,1-8H3,(H,28,29). The van der Waals surface area contributed by atoms with Crippen molar-refractivity contribution >= 4 is 11.6 Å². The average Bonchev–Trinajstić information content (AvgIpc) is 2.77. The van der Waals surface area contributed by atoms with Crippen LogP contribution >= 0.6 is 0 Å². The Labute approximate surface area is 188 Å². The molecule has 2 aromatic carbocycles. The maximum absolute atomic E-state index is 13.0. The van der Waals surface area contributed by atoms with E-state index in [0.29, 0.717) is 17.9 Å². The molecule has 0 saturated heterocycles. The monoisotopic (exact) mass is 424 g/mol. The van der Waals surface area contributed by atoms with Crippen molar-refractivity contribution in [3.8, 4) is 11.5 Å². The summed E-state index contributed by atoms with van der Waals surface area (Å²) < 4.78 is 11.6. The number of para-hydroxylation sites is 1. The lowest BCUT2D eigenvalue weighted by molar-refractivity contribution is -0.122. The van der Waals surface area contributed by atoms with Crippen molar-refractivity contribution in [1.82, 2.24) is 0 Å². The molecule has 1 amide bonds. The Hall–Kier alpha value is -2.49. The molecule has 2 aromatic rings. The average molecular weight is 425 g/mol. The predicted molar refractivity (Wildman–Crippen MR) is 128 cm³/mol. The molecule has 0 spiro atoms. The fourth-order valence-electron chi connectivity index (χ4n) is 3.35. The smallest absolute Gasteiger partial charge is 0.265 e. The van der Waals surface area contributed by atoms with Gasteiger partial charge in [-0.15, -0.1) is 0 Å². The van der Waals surface area contributed by atoms with Gasteiger partial charge in [0.1, 0.15) is 11.5 Å². The van der Waals surface area contributed by atoms with Crippen molar-refractivity contribution in [2.24, 2.45) is 0 Å². The van der Waals surface area contributed by atoms with Crippen LogP contribution in [0.5, 0.6) is 11.5 Å². The highest BCUT2D eigenvalue weighted by Crippen LogP contribution is 2.39. The number of carbonyl (C=O) groups is 1. The Bertz CT molecular complexity index is 886. The van der Waals surface area contributed by atoms with Crippen LogP contribution in [-0.4, -0.2) is 19.1 Å². The molecule has 0 aliphatic heterocycles. The molecule has 1 radical (unpaired) electrons. The lowest BCUT2D eigenvalue weighted by Crippen LogP contribution is -2.33. The molecule has 4 nitrogen and oxygen atoms in total. The second-order valence-corrected chi connectivity index (χ2v) is 9.31. The highest BCUT2D eigenvalue weighted by atomic mass is 16.5. The van der Waals surface area contributed by atoms with Gasteiger partial charge in [0, 0.05) is 11.6 Å². The number of anilines is 1. The van der Waals surface area contributed by atoms with Crippen LogP contribution in [0.15, 0.2) is 36.4 Å². The van der Waals surface area contributed by atoms with E-state index in [2.05, 4.69) is 65.1 Å². The number of rotatable bonds is 10. The number of methoxy groups -OCH3 is 1. The molecule has 1 atom stereocenters. The highest BCUT2D eigenvalue weighted by Gasteiger charge is 2.29. The lowest BCUT2D eigenvalue weighted by atomic mass is 9.76. The Morgan fingerprint density at radius 2 is 1.74 bits per heavy atom. The summed E-state index contributed by atoms with van der Waals surface area (Å²) in [6.07, 6.45) is 1.97. The number of ether oxygens (including phenoxy) is 2. The van der Waals surface area contributed by atoms with Gasteiger partial charge in [-0.1, -0.05) is 72.7 Å². The van der Waals surface area contributed by atoms with Crippen molar-refractivity contribution in [1.29, 1.82) is 0 Å². The van der Waals surface area contributed by atoms with Crippen molar-refractivity contribution in [2.45, 2.75) is 84.7 Å². The molecule has 0 aromatic heterocycles. The van der Waals surface area contributed by atoms with Gasteiger partial charge in [0.25, 0.3) is 5.91 Å². The summed E-state index contributed by atoms with van der Waals surface area (Å²) in [4.78, 5) is 13.0. The number of carbonyl (C=O) groups excluding carboxylic acids is 1. The topological polar surface area (TPSA) is 47.6 Å². The minimum absolute atomic E-state index is 0.0679. The number of nitrogens with one attached hydrogen (secondary N) is 1. The van der Waals surface area contributed by atoms with Gasteiger partial charge in [-0.05, 0) is 47.8 Å². The zero-order valence-corrected chi connectivity index (χ0v) is 20.4. The number of hydrogen-bond acceptors (Lipinski definition) is 3. The van der Waals surface area contributed by atoms with E-state index in [0.717, 1.165) is 24.2 Å². The van der Waals surface area contributed by atoms with Crippen molar-refractivity contribution < 1.29 is 14.3 Å². The molecule has 0 heterocycles. The van der Waals surface area contributed by atoms with Crippen LogP contribution in [0.4, 0.5) is 5.69 Å². The van der Waals surface area contributed by atoms with Crippen molar-refractivity contribution in [2.75, 3.05) is 12.4 Å². The molecule has 0 bridgehead atoms. The van der Waals surface area contributed by atoms with Gasteiger partial charge >= 0.3 is 0 Å². The fraction of sp³-hybridized carbons (Fsp3) is 0.519. The summed E-state index contributed by atoms with van der Waals surface area (Å²) >= 11 is 0. The van der Waals surface area contributed by atoms with Gasteiger partial charge in [0.05, 0.1) is 12.8 Å². The number of hydrogen-bond donors (Lipinski definition) is 1. The van der Waals surface area contributed by atoms with Crippen LogP contribution in [0, 0.1) is 6.07 Å². The van der Waals surface area contributed by atoms with E-state index in [4.69, 9.17) is 9.47 Å². The van der Waals surface area contributed by atoms with Gasteiger partial charge in [-0.25, -0.2) is 0 Å². The summed E-state index contributed by atoms with van der Waals surface area (Å²) in [5, 5.41) is 2.93. The Kier molecular flexibility index (Phi) is 8.16. The van der Waals surface area contributed by atoms with E-state index in [1.807, 2.05) is 19.1 Å². The minimum Gasteiger partial charge on any atom is -0.494 e. The second-order valence-electron chi connectivity index (χ2n) is 9.31. The third-order valence-corrected chi connectivity index (χ3v) is 6.47. The molecule has 169 valence electrons. The molecular formula is C27H38NO3.